The van der Waals surface area contributed by atoms with Gasteiger partial charge >= 0.3 is 0 Å². The lowest BCUT2D eigenvalue weighted by atomic mass is 9.99. The molecule has 0 saturated heterocycles. The molecule has 1 aromatic carbocycles. The van der Waals surface area contributed by atoms with Crippen LogP contribution in [0.25, 0.3) is 0 Å². The molecule has 2 rings (SSSR count). The number of aromatic nitrogens is 2. The molecule has 1 N–H and O–H groups in total. The highest BCUT2D eigenvalue weighted by Gasteiger charge is 2.18. The van der Waals surface area contributed by atoms with Gasteiger partial charge in [0, 0.05) is 29.4 Å². The van der Waals surface area contributed by atoms with Crippen LogP contribution in [0.15, 0.2) is 24.4 Å². The summed E-state index contributed by atoms with van der Waals surface area (Å²) in [5, 5.41) is 8.40. The van der Waals surface area contributed by atoms with E-state index in [4.69, 9.17) is 11.6 Å². The molecule has 21 heavy (non-hydrogen) atoms. The van der Waals surface area contributed by atoms with E-state index in [1.165, 1.54) is 12.1 Å². The van der Waals surface area contributed by atoms with Crippen LogP contribution in [0, 0.1) is 12.7 Å². The van der Waals surface area contributed by atoms with E-state index >= 15 is 0 Å². The molecule has 1 unspecified atom stereocenters. The second-order valence-electron chi connectivity index (χ2n) is 5.26. The van der Waals surface area contributed by atoms with Crippen LogP contribution in [-0.4, -0.2) is 16.3 Å². The van der Waals surface area contributed by atoms with Gasteiger partial charge in [0.25, 0.3) is 0 Å². The summed E-state index contributed by atoms with van der Waals surface area (Å²) in [7, 11) is 1.92. The van der Waals surface area contributed by atoms with Gasteiger partial charge in [-0.2, -0.15) is 5.10 Å². The Labute approximate surface area is 130 Å². The number of nitrogens with zero attached hydrogens (tertiary/aromatic N) is 2. The first-order valence-electron chi connectivity index (χ1n) is 7.18. The average Bonchev–Trinajstić information content (AvgIpc) is 2.79. The van der Waals surface area contributed by atoms with Gasteiger partial charge < -0.3 is 5.32 Å². The summed E-state index contributed by atoms with van der Waals surface area (Å²) in [6.45, 7) is 5.05. The van der Waals surface area contributed by atoms with Gasteiger partial charge in [0.2, 0.25) is 0 Å². The highest BCUT2D eigenvalue weighted by Crippen LogP contribution is 2.26. The molecule has 5 heteroatoms. The summed E-state index contributed by atoms with van der Waals surface area (Å²) in [6.07, 6.45) is 3.55. The molecule has 0 bridgehead atoms. The zero-order valence-corrected chi connectivity index (χ0v) is 13.4. The molecule has 0 aliphatic carbocycles. The first-order chi connectivity index (χ1) is 10.0. The fourth-order valence-electron chi connectivity index (χ4n) is 2.39. The monoisotopic (exact) mass is 309 g/mol. The molecule has 3 nitrogen and oxygen atoms in total. The minimum absolute atomic E-state index is 0.0814. The lowest BCUT2D eigenvalue weighted by molar-refractivity contribution is 0.524. The predicted molar refractivity (Wildman–Crippen MR) is 84.1 cm³/mol. The minimum atomic E-state index is -0.258. The number of hydrogen-bond acceptors (Lipinski definition) is 2. The largest absolute Gasteiger partial charge is 0.310 e. The SMILES string of the molecule is CCCNC(Cc1cc(F)ccc1Cl)c1cnn(C)c1C. The predicted octanol–water partition coefficient (Wildman–Crippen LogP) is 3.80. The summed E-state index contributed by atoms with van der Waals surface area (Å²) in [5.74, 6) is -0.258. The van der Waals surface area contributed by atoms with E-state index in [1.807, 2.05) is 24.9 Å². The van der Waals surface area contributed by atoms with Crippen molar-refractivity contribution in [1.82, 2.24) is 15.1 Å². The highest BCUT2D eigenvalue weighted by atomic mass is 35.5. The Morgan fingerprint density at radius 1 is 1.43 bits per heavy atom. The number of aryl methyl sites for hydroxylation is 1. The third kappa shape index (κ3) is 3.83. The number of nitrogens with one attached hydrogen (secondary N) is 1. The van der Waals surface area contributed by atoms with Gasteiger partial charge in [-0.3, -0.25) is 4.68 Å². The zero-order chi connectivity index (χ0) is 15.4. The molecule has 0 aliphatic rings. The fraction of sp³-hybridized carbons (Fsp3) is 0.438. The van der Waals surface area contributed by atoms with E-state index in [2.05, 4.69) is 17.3 Å². The maximum Gasteiger partial charge on any atom is 0.123 e. The van der Waals surface area contributed by atoms with Crippen molar-refractivity contribution in [1.29, 1.82) is 0 Å². The maximum atomic E-state index is 13.4. The summed E-state index contributed by atoms with van der Waals surface area (Å²) < 4.78 is 15.3. The summed E-state index contributed by atoms with van der Waals surface area (Å²) in [6, 6.07) is 4.58. The molecular weight excluding hydrogens is 289 g/mol. The van der Waals surface area contributed by atoms with Gasteiger partial charge in [0.05, 0.1) is 6.20 Å². The molecule has 0 amide bonds. The van der Waals surface area contributed by atoms with E-state index in [0.717, 1.165) is 29.8 Å². The van der Waals surface area contributed by atoms with Gasteiger partial charge in [0.1, 0.15) is 5.82 Å². The van der Waals surface area contributed by atoms with Crippen molar-refractivity contribution >= 4 is 11.6 Å². The van der Waals surface area contributed by atoms with Gasteiger partial charge in [-0.1, -0.05) is 18.5 Å². The lowest BCUT2D eigenvalue weighted by Crippen LogP contribution is -2.24. The quantitative estimate of drug-likeness (QED) is 0.879. The molecule has 2 aromatic rings. The molecule has 1 atom stereocenters. The van der Waals surface area contributed by atoms with Gasteiger partial charge in [-0.25, -0.2) is 4.39 Å². The van der Waals surface area contributed by atoms with Crippen molar-refractivity contribution in [3.05, 3.63) is 52.1 Å². The number of rotatable bonds is 6. The van der Waals surface area contributed by atoms with Crippen LogP contribution in [0.5, 0.6) is 0 Å². The van der Waals surface area contributed by atoms with Crippen molar-refractivity contribution in [2.75, 3.05) is 6.54 Å². The molecule has 0 saturated carbocycles. The second-order valence-corrected chi connectivity index (χ2v) is 5.66. The zero-order valence-electron chi connectivity index (χ0n) is 12.7. The van der Waals surface area contributed by atoms with Crippen LogP contribution < -0.4 is 5.32 Å². The number of halogens is 2. The van der Waals surface area contributed by atoms with Crippen molar-refractivity contribution in [2.24, 2.45) is 7.05 Å². The van der Waals surface area contributed by atoms with Crippen LogP contribution in [-0.2, 0) is 13.5 Å². The molecule has 0 aliphatic heterocycles. The highest BCUT2D eigenvalue weighted by molar-refractivity contribution is 6.31. The molecular formula is C16H21ClFN3. The first kappa shape index (κ1) is 16.0. The molecule has 114 valence electrons. The minimum Gasteiger partial charge on any atom is -0.310 e. The summed E-state index contributed by atoms with van der Waals surface area (Å²) in [4.78, 5) is 0. The van der Waals surface area contributed by atoms with E-state index in [9.17, 15) is 4.39 Å². The Morgan fingerprint density at radius 2 is 2.19 bits per heavy atom. The van der Waals surface area contributed by atoms with Crippen molar-refractivity contribution < 1.29 is 4.39 Å². The molecule has 1 aromatic heterocycles. The van der Waals surface area contributed by atoms with Gasteiger partial charge in [0.15, 0.2) is 0 Å². The van der Waals surface area contributed by atoms with E-state index < -0.39 is 0 Å². The van der Waals surface area contributed by atoms with Crippen LogP contribution in [0.1, 0.15) is 36.2 Å². The Hall–Kier alpha value is -1.39. The molecule has 0 spiro atoms. The Balaban J connectivity index is 2.28. The standard InChI is InChI=1S/C16H21ClFN3/c1-4-7-19-16(14-10-20-21(3)11(14)2)9-12-8-13(18)5-6-15(12)17/h5-6,8,10,16,19H,4,7,9H2,1-3H3. The summed E-state index contributed by atoms with van der Waals surface area (Å²) in [5.41, 5.74) is 3.05. The van der Waals surface area contributed by atoms with Gasteiger partial charge in [-0.05, 0) is 50.1 Å². The third-order valence-corrected chi connectivity index (χ3v) is 4.09. The van der Waals surface area contributed by atoms with Crippen molar-refractivity contribution in [3.63, 3.8) is 0 Å². The number of benzene rings is 1. The first-order valence-corrected chi connectivity index (χ1v) is 7.56. The van der Waals surface area contributed by atoms with Crippen molar-refractivity contribution in [3.8, 4) is 0 Å². The fourth-order valence-corrected chi connectivity index (χ4v) is 2.58. The Kier molecular flexibility index (Phi) is 5.37. The topological polar surface area (TPSA) is 29.9 Å². The van der Waals surface area contributed by atoms with Crippen LogP contribution in [0.4, 0.5) is 4.39 Å². The molecule has 0 radical (unpaired) electrons. The van der Waals surface area contributed by atoms with Gasteiger partial charge in [-0.15, -0.1) is 0 Å². The maximum absolute atomic E-state index is 13.4. The van der Waals surface area contributed by atoms with Crippen LogP contribution in [0.3, 0.4) is 0 Å². The van der Waals surface area contributed by atoms with E-state index in [0.29, 0.717) is 11.4 Å². The van der Waals surface area contributed by atoms with Crippen molar-refractivity contribution in [2.45, 2.75) is 32.7 Å². The number of hydrogen-bond donors (Lipinski definition) is 1. The Morgan fingerprint density at radius 3 is 2.81 bits per heavy atom. The second kappa shape index (κ2) is 7.05. The smallest absolute Gasteiger partial charge is 0.123 e. The third-order valence-electron chi connectivity index (χ3n) is 3.72. The molecule has 1 heterocycles. The van der Waals surface area contributed by atoms with Crippen LogP contribution in [0.2, 0.25) is 5.02 Å². The normalized spacial score (nSPS) is 12.6. The van der Waals surface area contributed by atoms with E-state index in [-0.39, 0.29) is 11.9 Å². The Bertz CT molecular complexity index is 610. The summed E-state index contributed by atoms with van der Waals surface area (Å²) >= 11 is 6.19. The average molecular weight is 310 g/mol. The molecule has 0 fully saturated rings. The van der Waals surface area contributed by atoms with E-state index in [1.54, 1.807) is 6.07 Å². The van der Waals surface area contributed by atoms with Crippen LogP contribution >= 0.6 is 11.6 Å². The lowest BCUT2D eigenvalue weighted by Gasteiger charge is -2.19.